The third kappa shape index (κ3) is 4.39. The zero-order valence-corrected chi connectivity index (χ0v) is 8.89. The molecule has 0 radical (unpaired) electrons. The van der Waals surface area contributed by atoms with E-state index in [4.69, 9.17) is 0 Å². The maximum atomic E-state index is 9.63. The number of aliphatic hydroxyl groups excluding tert-OH is 1. The molecule has 74 valence electrons. The number of aliphatic hydroxyl groups is 1. The Kier molecular flexibility index (Phi) is 5.01. The molecule has 2 nitrogen and oxygen atoms in total. The summed E-state index contributed by atoms with van der Waals surface area (Å²) in [6, 6.07) is 0. The second-order valence-corrected chi connectivity index (χ2v) is 4.29. The van der Waals surface area contributed by atoms with Gasteiger partial charge < -0.3 is 5.11 Å². The predicted molar refractivity (Wildman–Crippen MR) is 56.0 cm³/mol. The summed E-state index contributed by atoms with van der Waals surface area (Å²) in [7, 11) is 0. The Morgan fingerprint density at radius 1 is 1.54 bits per heavy atom. The second kappa shape index (κ2) is 6.11. The van der Waals surface area contributed by atoms with Crippen LogP contribution >= 0.6 is 11.3 Å². The van der Waals surface area contributed by atoms with Gasteiger partial charge in [0.15, 0.2) is 0 Å². The van der Waals surface area contributed by atoms with Gasteiger partial charge in [-0.1, -0.05) is 26.2 Å². The van der Waals surface area contributed by atoms with Gasteiger partial charge >= 0.3 is 0 Å². The smallest absolute Gasteiger partial charge is 0.0794 e. The molecule has 0 saturated carbocycles. The van der Waals surface area contributed by atoms with E-state index >= 15 is 0 Å². The van der Waals surface area contributed by atoms with Crippen molar-refractivity contribution in [2.24, 2.45) is 0 Å². The molecule has 3 heteroatoms. The van der Waals surface area contributed by atoms with Crippen LogP contribution in [0.25, 0.3) is 0 Å². The van der Waals surface area contributed by atoms with E-state index in [1.807, 2.05) is 11.7 Å². The molecule has 1 aromatic rings. The van der Waals surface area contributed by atoms with Gasteiger partial charge in [-0.3, -0.25) is 4.98 Å². The summed E-state index contributed by atoms with van der Waals surface area (Å²) in [5.74, 6) is 0. The molecular formula is C10H17NOS. The Labute approximate surface area is 83.6 Å². The summed E-state index contributed by atoms with van der Waals surface area (Å²) in [6.07, 6.45) is 6.93. The van der Waals surface area contributed by atoms with E-state index in [0.717, 1.165) is 19.3 Å². The van der Waals surface area contributed by atoms with Crippen molar-refractivity contribution in [3.8, 4) is 0 Å². The molecule has 0 aliphatic heterocycles. The highest BCUT2D eigenvalue weighted by molar-refractivity contribution is 7.09. The van der Waals surface area contributed by atoms with Gasteiger partial charge in [-0.25, -0.2) is 0 Å². The van der Waals surface area contributed by atoms with Crippen LogP contribution in [0.5, 0.6) is 0 Å². The van der Waals surface area contributed by atoms with Crippen molar-refractivity contribution in [2.75, 3.05) is 0 Å². The molecule has 0 amide bonds. The Morgan fingerprint density at radius 3 is 3.00 bits per heavy atom. The molecule has 1 aromatic heterocycles. The minimum atomic E-state index is -0.174. The number of nitrogens with zero attached hydrogens (tertiary/aromatic N) is 1. The van der Waals surface area contributed by atoms with Crippen LogP contribution < -0.4 is 0 Å². The highest BCUT2D eigenvalue weighted by atomic mass is 32.1. The number of aromatic nitrogens is 1. The lowest BCUT2D eigenvalue weighted by Crippen LogP contribution is -2.09. The fraction of sp³-hybridized carbons (Fsp3) is 0.700. The van der Waals surface area contributed by atoms with Crippen molar-refractivity contribution < 1.29 is 5.11 Å². The van der Waals surface area contributed by atoms with Crippen LogP contribution in [0, 0.1) is 0 Å². The van der Waals surface area contributed by atoms with Gasteiger partial charge in [0.1, 0.15) is 0 Å². The lowest BCUT2D eigenvalue weighted by molar-refractivity contribution is 0.162. The highest BCUT2D eigenvalue weighted by Crippen LogP contribution is 2.12. The lowest BCUT2D eigenvalue weighted by atomic mass is 10.1. The van der Waals surface area contributed by atoms with Crippen LogP contribution in [0.3, 0.4) is 0 Å². The first-order valence-electron chi connectivity index (χ1n) is 4.88. The van der Waals surface area contributed by atoms with Crippen molar-refractivity contribution in [1.82, 2.24) is 4.98 Å². The molecule has 0 saturated heterocycles. The quantitative estimate of drug-likeness (QED) is 0.714. The van der Waals surface area contributed by atoms with Gasteiger partial charge in [-0.05, 0) is 6.42 Å². The van der Waals surface area contributed by atoms with Crippen molar-refractivity contribution in [3.05, 3.63) is 16.6 Å². The zero-order chi connectivity index (χ0) is 9.52. The van der Waals surface area contributed by atoms with Crippen LogP contribution in [-0.2, 0) is 6.42 Å². The molecule has 1 atom stereocenters. The predicted octanol–water partition coefficient (Wildman–Crippen LogP) is 2.63. The molecule has 0 bridgehead atoms. The number of rotatable bonds is 6. The van der Waals surface area contributed by atoms with E-state index in [1.54, 1.807) is 11.3 Å². The van der Waals surface area contributed by atoms with Gasteiger partial charge in [0.25, 0.3) is 0 Å². The summed E-state index contributed by atoms with van der Waals surface area (Å²) in [5, 5.41) is 9.63. The minimum absolute atomic E-state index is 0.174. The molecule has 0 fully saturated rings. The van der Waals surface area contributed by atoms with Crippen LogP contribution in [0.4, 0.5) is 0 Å². The van der Waals surface area contributed by atoms with Gasteiger partial charge in [0.2, 0.25) is 0 Å². The standard InChI is InChI=1S/C10H17NOS/c1-2-3-4-5-9(12)6-10-7-11-8-13-10/h7-9,12H,2-6H2,1H3. The van der Waals surface area contributed by atoms with Gasteiger partial charge in [-0.15, -0.1) is 11.3 Å². The average Bonchev–Trinajstić information content (AvgIpc) is 2.57. The molecule has 1 N–H and O–H groups in total. The largest absolute Gasteiger partial charge is 0.393 e. The third-order valence-electron chi connectivity index (χ3n) is 2.06. The van der Waals surface area contributed by atoms with Crippen molar-refractivity contribution in [2.45, 2.75) is 45.1 Å². The van der Waals surface area contributed by atoms with Gasteiger partial charge in [0, 0.05) is 17.5 Å². The molecule has 1 rings (SSSR count). The zero-order valence-electron chi connectivity index (χ0n) is 8.07. The Balaban J connectivity index is 2.14. The fourth-order valence-electron chi connectivity index (χ4n) is 1.31. The Morgan fingerprint density at radius 2 is 2.38 bits per heavy atom. The summed E-state index contributed by atoms with van der Waals surface area (Å²) in [6.45, 7) is 2.18. The SMILES string of the molecule is CCCCCC(O)Cc1cncs1. The Bertz CT molecular complexity index is 211. The first-order chi connectivity index (χ1) is 6.33. The number of hydrogen-bond donors (Lipinski definition) is 1. The van der Waals surface area contributed by atoms with E-state index in [2.05, 4.69) is 11.9 Å². The number of hydrogen-bond acceptors (Lipinski definition) is 3. The second-order valence-electron chi connectivity index (χ2n) is 3.32. The summed E-state index contributed by atoms with van der Waals surface area (Å²) < 4.78 is 0. The van der Waals surface area contributed by atoms with Gasteiger partial charge in [0.05, 0.1) is 11.6 Å². The summed E-state index contributed by atoms with van der Waals surface area (Å²) >= 11 is 1.62. The highest BCUT2D eigenvalue weighted by Gasteiger charge is 2.05. The van der Waals surface area contributed by atoms with E-state index < -0.39 is 0 Å². The molecule has 0 aliphatic rings. The molecule has 0 aliphatic carbocycles. The Hall–Kier alpha value is -0.410. The van der Waals surface area contributed by atoms with E-state index in [9.17, 15) is 5.11 Å². The minimum Gasteiger partial charge on any atom is -0.393 e. The maximum Gasteiger partial charge on any atom is 0.0794 e. The maximum absolute atomic E-state index is 9.63. The molecular weight excluding hydrogens is 182 g/mol. The van der Waals surface area contributed by atoms with E-state index in [0.29, 0.717) is 0 Å². The molecule has 13 heavy (non-hydrogen) atoms. The van der Waals surface area contributed by atoms with Gasteiger partial charge in [-0.2, -0.15) is 0 Å². The number of thiazole rings is 1. The van der Waals surface area contributed by atoms with Crippen LogP contribution in [-0.4, -0.2) is 16.2 Å². The lowest BCUT2D eigenvalue weighted by Gasteiger charge is -2.07. The molecule has 1 heterocycles. The molecule has 0 spiro atoms. The molecule has 1 unspecified atom stereocenters. The first kappa shape index (κ1) is 10.7. The molecule has 0 aromatic carbocycles. The number of unbranched alkanes of at least 4 members (excludes halogenated alkanes) is 2. The summed E-state index contributed by atoms with van der Waals surface area (Å²) in [5.41, 5.74) is 1.81. The first-order valence-corrected chi connectivity index (χ1v) is 5.76. The normalized spacial score (nSPS) is 13.1. The fourth-order valence-corrected chi connectivity index (χ4v) is 1.97. The van der Waals surface area contributed by atoms with Crippen LogP contribution in [0.1, 0.15) is 37.5 Å². The van der Waals surface area contributed by atoms with Crippen LogP contribution in [0.2, 0.25) is 0 Å². The van der Waals surface area contributed by atoms with E-state index in [1.165, 1.54) is 17.7 Å². The van der Waals surface area contributed by atoms with Crippen LogP contribution in [0.15, 0.2) is 11.7 Å². The summed E-state index contributed by atoms with van der Waals surface area (Å²) in [4.78, 5) is 5.16. The monoisotopic (exact) mass is 199 g/mol. The van der Waals surface area contributed by atoms with Crippen molar-refractivity contribution in [3.63, 3.8) is 0 Å². The van der Waals surface area contributed by atoms with Crippen molar-refractivity contribution in [1.29, 1.82) is 0 Å². The topological polar surface area (TPSA) is 33.1 Å². The van der Waals surface area contributed by atoms with E-state index in [-0.39, 0.29) is 6.10 Å². The van der Waals surface area contributed by atoms with Crippen molar-refractivity contribution >= 4 is 11.3 Å². The third-order valence-corrected chi connectivity index (χ3v) is 2.86. The average molecular weight is 199 g/mol.